The van der Waals surface area contributed by atoms with E-state index in [4.69, 9.17) is 9.47 Å². The molecule has 0 aromatic rings. The molecule has 3 rings (SSSR count). The van der Waals surface area contributed by atoms with Crippen LogP contribution in [0.5, 0.6) is 0 Å². The number of aliphatic hydroxyl groups is 1. The maximum atomic E-state index is 11.0. The molecule has 2 saturated heterocycles. The van der Waals surface area contributed by atoms with E-state index in [0.29, 0.717) is 6.42 Å². The van der Waals surface area contributed by atoms with Crippen molar-refractivity contribution in [1.82, 2.24) is 10.6 Å². The first kappa shape index (κ1) is 8.78. The van der Waals surface area contributed by atoms with Crippen molar-refractivity contribution in [2.45, 2.75) is 36.8 Å². The molecule has 0 radical (unpaired) electrons. The molecule has 0 aromatic carbocycles. The van der Waals surface area contributed by atoms with Crippen molar-refractivity contribution in [3.63, 3.8) is 0 Å². The van der Waals surface area contributed by atoms with Gasteiger partial charge in [0.2, 0.25) is 0 Å². The summed E-state index contributed by atoms with van der Waals surface area (Å²) in [6, 6.07) is -0.508. The summed E-state index contributed by atoms with van der Waals surface area (Å²) in [4.78, 5) is 21.9. The van der Waals surface area contributed by atoms with Crippen LogP contribution in [0.2, 0.25) is 0 Å². The fourth-order valence-electron chi connectivity index (χ4n) is 2.41. The van der Waals surface area contributed by atoms with Crippen molar-refractivity contribution in [3.05, 3.63) is 0 Å². The number of fused-ring (bicyclic) bond motifs is 2. The van der Waals surface area contributed by atoms with E-state index >= 15 is 0 Å². The second kappa shape index (κ2) is 2.75. The first-order valence-electron chi connectivity index (χ1n) is 4.77. The third-order valence-corrected chi connectivity index (χ3v) is 3.07. The third kappa shape index (κ3) is 1.16. The number of nitrogens with one attached hydrogen (secondary N) is 2. The molecule has 4 unspecified atom stereocenters. The van der Waals surface area contributed by atoms with Crippen LogP contribution in [-0.2, 0) is 9.47 Å². The van der Waals surface area contributed by atoms with Crippen molar-refractivity contribution in [3.8, 4) is 0 Å². The zero-order chi connectivity index (χ0) is 10.6. The Morgan fingerprint density at radius 1 is 1.07 bits per heavy atom. The van der Waals surface area contributed by atoms with Gasteiger partial charge in [0, 0.05) is 0 Å². The molecule has 2 heterocycles. The van der Waals surface area contributed by atoms with E-state index in [1.807, 2.05) is 0 Å². The maximum absolute atomic E-state index is 11.0. The van der Waals surface area contributed by atoms with Crippen LogP contribution in [0.25, 0.3) is 0 Å². The number of alkyl carbamates (subject to hydrolysis) is 2. The minimum absolute atomic E-state index is 0.254. The van der Waals surface area contributed by atoms with E-state index < -0.39 is 30.5 Å². The first-order chi connectivity index (χ1) is 7.15. The molecular formula is C8H10N2O5. The second-order valence-corrected chi connectivity index (χ2v) is 3.97. The highest BCUT2D eigenvalue weighted by Crippen LogP contribution is 2.31. The van der Waals surface area contributed by atoms with E-state index in [1.54, 1.807) is 0 Å². The summed E-state index contributed by atoms with van der Waals surface area (Å²) in [5.41, 5.74) is 0. The Labute approximate surface area is 84.7 Å². The molecule has 3 aliphatic rings. The van der Waals surface area contributed by atoms with Gasteiger partial charge in [-0.2, -0.15) is 0 Å². The summed E-state index contributed by atoms with van der Waals surface area (Å²) in [6.07, 6.45) is -2.75. The van der Waals surface area contributed by atoms with Crippen molar-refractivity contribution < 1.29 is 24.2 Å². The average molecular weight is 214 g/mol. The topological polar surface area (TPSA) is 96.9 Å². The van der Waals surface area contributed by atoms with Crippen molar-refractivity contribution in [1.29, 1.82) is 0 Å². The first-order valence-corrected chi connectivity index (χ1v) is 4.77. The lowest BCUT2D eigenvalue weighted by Gasteiger charge is -2.34. The van der Waals surface area contributed by atoms with Gasteiger partial charge in [-0.3, -0.25) is 0 Å². The molecule has 0 aromatic heterocycles. The van der Waals surface area contributed by atoms with Crippen molar-refractivity contribution in [2.24, 2.45) is 0 Å². The summed E-state index contributed by atoms with van der Waals surface area (Å²) < 4.78 is 9.80. The number of hydrogen-bond acceptors (Lipinski definition) is 5. The lowest BCUT2D eigenvalue weighted by Crippen LogP contribution is -2.57. The SMILES string of the molecule is O=C1NC2CC3NC(=O)OC3C(O)C2O1. The van der Waals surface area contributed by atoms with Crippen molar-refractivity contribution in [2.75, 3.05) is 0 Å². The van der Waals surface area contributed by atoms with E-state index in [2.05, 4.69) is 10.6 Å². The zero-order valence-electron chi connectivity index (χ0n) is 7.67. The number of carbonyl (C=O) groups excluding carboxylic acids is 2. The number of ether oxygens (including phenoxy) is 2. The van der Waals surface area contributed by atoms with E-state index in [-0.39, 0.29) is 12.1 Å². The van der Waals surface area contributed by atoms with E-state index in [9.17, 15) is 14.7 Å². The fraction of sp³-hybridized carbons (Fsp3) is 0.750. The summed E-state index contributed by atoms with van der Waals surface area (Å²) in [7, 11) is 0. The van der Waals surface area contributed by atoms with Gasteiger partial charge in [-0.1, -0.05) is 0 Å². The minimum Gasteiger partial charge on any atom is -0.441 e. The van der Waals surface area contributed by atoms with Crippen LogP contribution in [0.15, 0.2) is 0 Å². The largest absolute Gasteiger partial charge is 0.441 e. The summed E-state index contributed by atoms with van der Waals surface area (Å²) in [5, 5.41) is 15.0. The Morgan fingerprint density at radius 2 is 1.53 bits per heavy atom. The molecule has 0 spiro atoms. The van der Waals surface area contributed by atoms with Crippen LogP contribution in [0.1, 0.15) is 6.42 Å². The molecule has 7 nitrogen and oxygen atoms in total. The van der Waals surface area contributed by atoms with Gasteiger partial charge in [0.1, 0.15) is 6.10 Å². The summed E-state index contributed by atoms with van der Waals surface area (Å²) in [6.45, 7) is 0. The Hall–Kier alpha value is -1.50. The molecule has 3 N–H and O–H groups in total. The monoisotopic (exact) mass is 214 g/mol. The Balaban J connectivity index is 1.84. The van der Waals surface area contributed by atoms with Crippen LogP contribution >= 0.6 is 0 Å². The zero-order valence-corrected chi connectivity index (χ0v) is 7.67. The quantitative estimate of drug-likeness (QED) is 0.466. The molecular weight excluding hydrogens is 204 g/mol. The van der Waals surface area contributed by atoms with Gasteiger partial charge < -0.3 is 25.2 Å². The number of carbonyl (C=O) groups is 2. The molecule has 7 heteroatoms. The highest BCUT2D eigenvalue weighted by atomic mass is 16.6. The molecule has 2 aliphatic heterocycles. The van der Waals surface area contributed by atoms with Crippen molar-refractivity contribution >= 4 is 12.2 Å². The van der Waals surface area contributed by atoms with Gasteiger partial charge in [0.05, 0.1) is 12.1 Å². The highest BCUT2D eigenvalue weighted by Gasteiger charge is 2.54. The average Bonchev–Trinajstić information content (AvgIpc) is 2.69. The molecule has 4 atom stereocenters. The molecule has 3 fully saturated rings. The molecule has 1 aliphatic carbocycles. The lowest BCUT2D eigenvalue weighted by molar-refractivity contribution is -0.0738. The number of aliphatic hydroxyl groups excluding tert-OH is 1. The van der Waals surface area contributed by atoms with Crippen LogP contribution in [0, 0.1) is 0 Å². The minimum atomic E-state index is -0.966. The van der Waals surface area contributed by atoms with Gasteiger partial charge >= 0.3 is 12.2 Å². The maximum Gasteiger partial charge on any atom is 0.407 e. The highest BCUT2D eigenvalue weighted by molar-refractivity contribution is 5.72. The Bertz CT molecular complexity index is 303. The second-order valence-electron chi connectivity index (χ2n) is 3.97. The molecule has 0 bridgehead atoms. The number of amides is 2. The smallest absolute Gasteiger partial charge is 0.407 e. The predicted molar refractivity (Wildman–Crippen MR) is 45.0 cm³/mol. The molecule has 2 amide bonds. The Kier molecular flexibility index (Phi) is 1.61. The van der Waals surface area contributed by atoms with Crippen LogP contribution < -0.4 is 10.6 Å². The number of hydrogen-bond donors (Lipinski definition) is 3. The predicted octanol–water partition coefficient (Wildman–Crippen LogP) is -1.30. The van der Waals surface area contributed by atoms with Gasteiger partial charge in [-0.15, -0.1) is 0 Å². The van der Waals surface area contributed by atoms with Crippen LogP contribution in [0.3, 0.4) is 0 Å². The van der Waals surface area contributed by atoms with E-state index in [1.165, 1.54) is 0 Å². The standard InChI is InChI=1S/C8H10N2O5/c11-4-5-2(9-7(12)14-5)1-3-6(4)15-8(13)10-3/h2-6,11H,1H2,(H,9,12)(H,10,13). The van der Waals surface area contributed by atoms with Gasteiger partial charge in [-0.05, 0) is 6.42 Å². The summed E-state index contributed by atoms with van der Waals surface area (Å²) in [5.74, 6) is 0. The lowest BCUT2D eigenvalue weighted by atomic mass is 9.85. The van der Waals surface area contributed by atoms with E-state index in [0.717, 1.165) is 0 Å². The molecule has 15 heavy (non-hydrogen) atoms. The molecule has 82 valence electrons. The van der Waals surface area contributed by atoms with Gasteiger partial charge in [0.25, 0.3) is 0 Å². The van der Waals surface area contributed by atoms with Gasteiger partial charge in [0.15, 0.2) is 12.2 Å². The summed E-state index contributed by atoms with van der Waals surface area (Å²) >= 11 is 0. The van der Waals surface area contributed by atoms with Crippen LogP contribution in [0.4, 0.5) is 9.59 Å². The molecule has 1 saturated carbocycles. The fourth-order valence-corrected chi connectivity index (χ4v) is 2.41. The Morgan fingerprint density at radius 3 is 2.00 bits per heavy atom. The van der Waals surface area contributed by atoms with Crippen LogP contribution in [-0.4, -0.2) is 47.7 Å². The number of rotatable bonds is 0. The normalized spacial score (nSPS) is 47.1. The van der Waals surface area contributed by atoms with Gasteiger partial charge in [-0.25, -0.2) is 9.59 Å². The third-order valence-electron chi connectivity index (χ3n) is 3.07.